The third-order valence-electron chi connectivity index (χ3n) is 5.96. The van der Waals surface area contributed by atoms with Gasteiger partial charge in [0.1, 0.15) is 11.3 Å². The summed E-state index contributed by atoms with van der Waals surface area (Å²) < 4.78 is 0. The summed E-state index contributed by atoms with van der Waals surface area (Å²) in [5.74, 6) is 0.101. The molecule has 0 saturated heterocycles. The first-order valence-electron chi connectivity index (χ1n) is 10.7. The molecular formula is C24H29N3O4. The van der Waals surface area contributed by atoms with Gasteiger partial charge in [0.2, 0.25) is 5.91 Å². The van der Waals surface area contributed by atoms with Crippen LogP contribution in [0.5, 0.6) is 5.75 Å². The Morgan fingerprint density at radius 2 is 2.26 bits per heavy atom. The standard InChI is InChI=1S/C24H29N3O4/c1-4-5-8-21(28)26-22(17-11-9-16(10-12-17)15(2)3)19-14-20(27(30)31)18-7-6-13-25-23(18)24(19)29/h6-7,11,13-14,16,22,29H,2,4-5,8-10,12H2,1,3H3,(H,26,28)/t16-,22?/m1/s1. The number of carbonyl (C=O) groups excluding carboxylic acids is 1. The van der Waals surface area contributed by atoms with Crippen molar-refractivity contribution >= 4 is 22.5 Å². The molecule has 7 heteroatoms. The molecule has 0 bridgehead atoms. The number of aromatic nitrogens is 1. The molecule has 1 aromatic carbocycles. The average molecular weight is 424 g/mol. The molecule has 0 radical (unpaired) electrons. The van der Waals surface area contributed by atoms with Gasteiger partial charge in [-0.3, -0.25) is 19.9 Å². The van der Waals surface area contributed by atoms with Gasteiger partial charge in [0.15, 0.2) is 0 Å². The molecule has 2 aromatic rings. The van der Waals surface area contributed by atoms with Gasteiger partial charge < -0.3 is 10.4 Å². The molecule has 0 saturated carbocycles. The molecule has 1 aromatic heterocycles. The monoisotopic (exact) mass is 423 g/mol. The van der Waals surface area contributed by atoms with Crippen LogP contribution in [0, 0.1) is 16.0 Å². The fraction of sp³-hybridized carbons (Fsp3) is 0.417. The van der Waals surface area contributed by atoms with Gasteiger partial charge in [-0.05, 0) is 56.2 Å². The Kier molecular flexibility index (Phi) is 7.05. The number of hydrogen-bond donors (Lipinski definition) is 2. The summed E-state index contributed by atoms with van der Waals surface area (Å²) in [6.07, 6.45) is 7.95. The van der Waals surface area contributed by atoms with Crippen molar-refractivity contribution in [3.8, 4) is 5.75 Å². The number of allylic oxidation sites excluding steroid dienone is 2. The fourth-order valence-electron chi connectivity index (χ4n) is 4.11. The van der Waals surface area contributed by atoms with Gasteiger partial charge >= 0.3 is 0 Å². The van der Waals surface area contributed by atoms with Gasteiger partial charge in [-0.2, -0.15) is 0 Å². The predicted molar refractivity (Wildman–Crippen MR) is 121 cm³/mol. The van der Waals surface area contributed by atoms with E-state index in [1.807, 2.05) is 13.8 Å². The van der Waals surface area contributed by atoms with E-state index in [2.05, 4.69) is 23.0 Å². The first-order valence-corrected chi connectivity index (χ1v) is 10.7. The van der Waals surface area contributed by atoms with Gasteiger partial charge in [0.05, 0.1) is 16.4 Å². The third kappa shape index (κ3) is 4.93. The zero-order valence-electron chi connectivity index (χ0n) is 18.1. The van der Waals surface area contributed by atoms with Gasteiger partial charge in [-0.1, -0.05) is 31.6 Å². The van der Waals surface area contributed by atoms with Crippen molar-refractivity contribution in [1.82, 2.24) is 10.3 Å². The Morgan fingerprint density at radius 3 is 2.87 bits per heavy atom. The van der Waals surface area contributed by atoms with Crippen LogP contribution in [-0.2, 0) is 4.79 Å². The van der Waals surface area contributed by atoms with E-state index in [1.54, 1.807) is 12.1 Å². The number of amides is 1. The highest BCUT2D eigenvalue weighted by molar-refractivity contribution is 5.93. The van der Waals surface area contributed by atoms with Crippen molar-refractivity contribution in [1.29, 1.82) is 0 Å². The van der Waals surface area contributed by atoms with Crippen LogP contribution in [0.1, 0.15) is 64.0 Å². The van der Waals surface area contributed by atoms with Crippen LogP contribution < -0.4 is 5.32 Å². The van der Waals surface area contributed by atoms with Crippen LogP contribution >= 0.6 is 0 Å². The maximum absolute atomic E-state index is 12.6. The topological polar surface area (TPSA) is 105 Å². The zero-order valence-corrected chi connectivity index (χ0v) is 18.1. The molecule has 2 N–H and O–H groups in total. The Bertz CT molecular complexity index is 1040. The van der Waals surface area contributed by atoms with E-state index in [0.717, 1.165) is 36.8 Å². The number of aromatic hydroxyl groups is 1. The summed E-state index contributed by atoms with van der Waals surface area (Å²) in [7, 11) is 0. The molecule has 31 heavy (non-hydrogen) atoms. The van der Waals surface area contributed by atoms with E-state index < -0.39 is 11.0 Å². The second-order valence-corrected chi connectivity index (χ2v) is 8.19. The second kappa shape index (κ2) is 9.73. The van der Waals surface area contributed by atoms with Crippen molar-refractivity contribution in [2.45, 2.75) is 58.4 Å². The van der Waals surface area contributed by atoms with Gasteiger partial charge in [0.25, 0.3) is 5.69 Å². The molecule has 164 valence electrons. The van der Waals surface area contributed by atoms with Crippen molar-refractivity contribution in [2.75, 3.05) is 0 Å². The van der Waals surface area contributed by atoms with E-state index in [0.29, 0.717) is 24.3 Å². The lowest BCUT2D eigenvalue weighted by Gasteiger charge is -2.29. The molecule has 2 atom stereocenters. The molecule has 0 spiro atoms. The maximum Gasteiger partial charge on any atom is 0.279 e. The molecule has 1 unspecified atom stereocenters. The van der Waals surface area contributed by atoms with Crippen molar-refractivity contribution in [2.24, 2.45) is 5.92 Å². The lowest BCUT2D eigenvalue weighted by molar-refractivity contribution is -0.383. The zero-order chi connectivity index (χ0) is 22.5. The van der Waals surface area contributed by atoms with Gasteiger partial charge in [-0.15, -0.1) is 0 Å². The van der Waals surface area contributed by atoms with Crippen LogP contribution in [0.25, 0.3) is 10.9 Å². The Labute approximate surface area is 182 Å². The SMILES string of the molecule is C=C(C)[C@@H]1CC=C(C(NC(=O)CCCC)c2cc([N+](=O)[O-])c3cccnc3c2O)CC1. The number of phenols is 1. The van der Waals surface area contributed by atoms with E-state index in [-0.39, 0.29) is 28.2 Å². The predicted octanol–water partition coefficient (Wildman–Crippen LogP) is 5.50. The number of rotatable bonds is 8. The largest absolute Gasteiger partial charge is 0.505 e. The number of unbranched alkanes of at least 4 members (excludes halogenated alkanes) is 1. The number of carbonyl (C=O) groups is 1. The molecular weight excluding hydrogens is 394 g/mol. The van der Waals surface area contributed by atoms with Crippen LogP contribution in [0.15, 0.2) is 48.2 Å². The number of phenolic OH excluding ortho intramolecular Hbond substituents is 1. The summed E-state index contributed by atoms with van der Waals surface area (Å²) in [6.45, 7) is 8.07. The lowest BCUT2D eigenvalue weighted by Crippen LogP contribution is -2.30. The number of nitrogens with zero attached hydrogens (tertiary/aromatic N) is 2. The summed E-state index contributed by atoms with van der Waals surface area (Å²) in [4.78, 5) is 28.1. The Morgan fingerprint density at radius 1 is 1.48 bits per heavy atom. The summed E-state index contributed by atoms with van der Waals surface area (Å²) >= 11 is 0. The number of fused-ring (bicyclic) bond motifs is 1. The molecule has 1 aliphatic rings. The highest BCUT2D eigenvalue weighted by Crippen LogP contribution is 2.42. The highest BCUT2D eigenvalue weighted by Gasteiger charge is 2.29. The van der Waals surface area contributed by atoms with Crippen molar-refractivity contribution in [3.05, 3.63) is 63.9 Å². The van der Waals surface area contributed by atoms with Gasteiger partial charge in [-0.25, -0.2) is 0 Å². The van der Waals surface area contributed by atoms with Crippen LogP contribution in [0.3, 0.4) is 0 Å². The Hall–Kier alpha value is -3.22. The Balaban J connectivity index is 2.10. The van der Waals surface area contributed by atoms with Crippen molar-refractivity contribution in [3.63, 3.8) is 0 Å². The van der Waals surface area contributed by atoms with E-state index in [1.165, 1.54) is 12.3 Å². The quantitative estimate of drug-likeness (QED) is 0.331. The minimum Gasteiger partial charge on any atom is -0.505 e. The minimum atomic E-state index is -0.638. The van der Waals surface area contributed by atoms with Crippen molar-refractivity contribution < 1.29 is 14.8 Å². The normalized spacial score (nSPS) is 17.1. The third-order valence-corrected chi connectivity index (χ3v) is 5.96. The highest BCUT2D eigenvalue weighted by atomic mass is 16.6. The number of benzene rings is 1. The molecule has 0 fully saturated rings. The molecule has 1 heterocycles. The van der Waals surface area contributed by atoms with Gasteiger partial charge in [0, 0.05) is 24.2 Å². The first-order chi connectivity index (χ1) is 14.8. The number of nitrogens with one attached hydrogen (secondary N) is 1. The number of pyridine rings is 1. The molecule has 1 aliphatic carbocycles. The molecule has 7 nitrogen and oxygen atoms in total. The minimum absolute atomic E-state index is 0.134. The summed E-state index contributed by atoms with van der Waals surface area (Å²) in [6, 6.07) is 3.90. The number of nitro benzene ring substituents is 1. The van der Waals surface area contributed by atoms with Crippen LogP contribution in [0.2, 0.25) is 0 Å². The van der Waals surface area contributed by atoms with E-state index in [9.17, 15) is 20.0 Å². The molecule has 1 amide bonds. The van der Waals surface area contributed by atoms with Crippen LogP contribution in [0.4, 0.5) is 5.69 Å². The maximum atomic E-state index is 12.6. The van der Waals surface area contributed by atoms with E-state index >= 15 is 0 Å². The molecule has 0 aliphatic heterocycles. The second-order valence-electron chi connectivity index (χ2n) is 8.19. The smallest absolute Gasteiger partial charge is 0.279 e. The summed E-state index contributed by atoms with van der Waals surface area (Å²) in [5.41, 5.74) is 2.40. The summed E-state index contributed by atoms with van der Waals surface area (Å²) in [5, 5.41) is 26.0. The first kappa shape index (κ1) is 22.5. The molecule has 3 rings (SSSR count). The average Bonchev–Trinajstić information content (AvgIpc) is 2.76. The van der Waals surface area contributed by atoms with E-state index in [4.69, 9.17) is 0 Å². The fourth-order valence-corrected chi connectivity index (χ4v) is 4.11. The van der Waals surface area contributed by atoms with Crippen LogP contribution in [-0.4, -0.2) is 20.9 Å². The number of hydrogen-bond acceptors (Lipinski definition) is 5. The number of nitro groups is 1. The number of non-ortho nitro benzene ring substituents is 1. The lowest BCUT2D eigenvalue weighted by atomic mass is 9.81.